The molecule has 0 bridgehead atoms. The fourth-order valence-corrected chi connectivity index (χ4v) is 3.32. The first-order valence-electron chi connectivity index (χ1n) is 5.50. The van der Waals surface area contributed by atoms with Crippen LogP contribution in [0.3, 0.4) is 0 Å². The summed E-state index contributed by atoms with van der Waals surface area (Å²) in [5.74, 6) is 2.62. The predicted molar refractivity (Wildman–Crippen MR) is 67.0 cm³/mol. The number of nitrogens with one attached hydrogen (secondary N) is 1. The van der Waals surface area contributed by atoms with E-state index in [1.165, 1.54) is 10.5 Å². The molecule has 7 nitrogen and oxygen atoms in total. The van der Waals surface area contributed by atoms with Crippen molar-refractivity contribution in [3.63, 3.8) is 0 Å². The molecule has 1 fully saturated rings. The lowest BCUT2D eigenvalue weighted by atomic mass is 10.4. The third kappa shape index (κ3) is 2.33. The van der Waals surface area contributed by atoms with Gasteiger partial charge in [0.1, 0.15) is 10.7 Å². The van der Waals surface area contributed by atoms with Crippen molar-refractivity contribution in [1.29, 1.82) is 0 Å². The molecule has 1 aliphatic heterocycles. The molecule has 1 aromatic heterocycles. The van der Waals surface area contributed by atoms with Crippen molar-refractivity contribution in [3.05, 3.63) is 6.20 Å². The molecular weight excluding hydrogens is 254 g/mol. The monoisotopic (exact) mass is 269 g/mol. The molecule has 0 spiro atoms. The Hall–Kier alpha value is -1.56. The number of aromatic nitrogens is 2. The highest BCUT2D eigenvalue weighted by Gasteiger charge is 2.30. The zero-order valence-corrected chi connectivity index (χ0v) is 10.7. The minimum absolute atomic E-state index is 0.0351. The third-order valence-electron chi connectivity index (χ3n) is 2.90. The Balaban J connectivity index is 2.10. The number of nitrogens with zero attached hydrogens (tertiary/aromatic N) is 3. The summed E-state index contributed by atoms with van der Waals surface area (Å²) >= 11 is 0. The van der Waals surface area contributed by atoms with Crippen molar-refractivity contribution in [2.45, 2.75) is 4.90 Å². The van der Waals surface area contributed by atoms with Gasteiger partial charge in [0, 0.05) is 26.2 Å². The summed E-state index contributed by atoms with van der Waals surface area (Å²) in [5, 5.41) is 6.06. The molecule has 1 saturated heterocycles. The second-order valence-electron chi connectivity index (χ2n) is 4.03. The number of rotatable bonds is 3. The Kier molecular flexibility index (Phi) is 3.56. The highest BCUT2D eigenvalue weighted by atomic mass is 32.2. The Morgan fingerprint density at radius 1 is 1.44 bits per heavy atom. The Morgan fingerprint density at radius 3 is 2.61 bits per heavy atom. The largest absolute Gasteiger partial charge is 0.383 e. The van der Waals surface area contributed by atoms with Gasteiger partial charge in [-0.2, -0.15) is 9.40 Å². The van der Waals surface area contributed by atoms with Crippen LogP contribution in [0.25, 0.3) is 0 Å². The summed E-state index contributed by atoms with van der Waals surface area (Å²) in [6, 6.07) is 0. The fraction of sp³-hybridized carbons (Fsp3) is 0.500. The molecule has 0 atom stereocenters. The van der Waals surface area contributed by atoms with Crippen molar-refractivity contribution in [3.8, 4) is 12.3 Å². The Morgan fingerprint density at radius 2 is 2.11 bits per heavy atom. The molecule has 0 radical (unpaired) electrons. The molecule has 0 saturated carbocycles. The predicted octanol–water partition coefficient (Wildman–Crippen LogP) is -1.07. The van der Waals surface area contributed by atoms with Crippen LogP contribution in [0.5, 0.6) is 0 Å². The van der Waals surface area contributed by atoms with Crippen molar-refractivity contribution in [2.24, 2.45) is 0 Å². The molecule has 1 aliphatic rings. The van der Waals surface area contributed by atoms with E-state index in [1.807, 2.05) is 4.90 Å². The van der Waals surface area contributed by atoms with Crippen LogP contribution in [0.15, 0.2) is 11.1 Å². The number of piperazine rings is 1. The maximum Gasteiger partial charge on any atom is 0.248 e. The highest BCUT2D eigenvalue weighted by molar-refractivity contribution is 7.89. The van der Waals surface area contributed by atoms with Crippen molar-refractivity contribution >= 4 is 15.8 Å². The number of anilines is 1. The van der Waals surface area contributed by atoms with E-state index >= 15 is 0 Å². The summed E-state index contributed by atoms with van der Waals surface area (Å²) in [4.78, 5) is 2.07. The van der Waals surface area contributed by atoms with Gasteiger partial charge >= 0.3 is 0 Å². The molecule has 1 aromatic rings. The number of hydrogen-bond acceptors (Lipinski definition) is 5. The third-order valence-corrected chi connectivity index (χ3v) is 4.82. The van der Waals surface area contributed by atoms with Crippen LogP contribution in [0.1, 0.15) is 0 Å². The van der Waals surface area contributed by atoms with Gasteiger partial charge in [0.05, 0.1) is 12.7 Å². The summed E-state index contributed by atoms with van der Waals surface area (Å²) in [7, 11) is -3.55. The maximum absolute atomic E-state index is 12.3. The number of sulfonamides is 1. The number of terminal acetylenes is 1. The first-order valence-corrected chi connectivity index (χ1v) is 6.94. The Labute approximate surface area is 106 Å². The van der Waals surface area contributed by atoms with E-state index in [1.54, 1.807) is 0 Å². The van der Waals surface area contributed by atoms with E-state index in [2.05, 4.69) is 16.1 Å². The first kappa shape index (κ1) is 12.9. The molecule has 0 unspecified atom stereocenters. The van der Waals surface area contributed by atoms with Gasteiger partial charge in [-0.1, -0.05) is 5.92 Å². The minimum Gasteiger partial charge on any atom is -0.383 e. The van der Waals surface area contributed by atoms with E-state index in [-0.39, 0.29) is 10.7 Å². The molecular formula is C10H15N5O2S. The SMILES string of the molecule is C#CCN1CCN(S(=O)(=O)c2cn[nH]c2N)CC1. The number of nitrogens with two attached hydrogens (primary N) is 1. The lowest BCUT2D eigenvalue weighted by molar-refractivity contribution is 0.207. The van der Waals surface area contributed by atoms with E-state index in [4.69, 9.17) is 12.2 Å². The Bertz CT molecular complexity index is 551. The van der Waals surface area contributed by atoms with Gasteiger partial charge in [0.15, 0.2) is 0 Å². The topological polar surface area (TPSA) is 95.3 Å². The molecule has 0 aromatic carbocycles. The van der Waals surface area contributed by atoms with Gasteiger partial charge in [-0.25, -0.2) is 8.42 Å². The molecule has 0 amide bonds. The van der Waals surface area contributed by atoms with Crippen LogP contribution >= 0.6 is 0 Å². The summed E-state index contributed by atoms with van der Waals surface area (Å²) in [6.45, 7) is 2.62. The van der Waals surface area contributed by atoms with Crippen LogP contribution in [-0.4, -0.2) is 60.5 Å². The summed E-state index contributed by atoms with van der Waals surface area (Å²) in [6.07, 6.45) is 6.46. The molecule has 98 valence electrons. The molecule has 2 rings (SSSR count). The average Bonchev–Trinajstić information content (AvgIpc) is 2.77. The fourth-order valence-electron chi connectivity index (χ4n) is 1.89. The standard InChI is InChI=1S/C10H15N5O2S/c1-2-3-14-4-6-15(7-5-14)18(16,17)9-8-12-13-10(9)11/h1,8H,3-7H2,(H3,11,12,13). The molecule has 2 heterocycles. The van der Waals surface area contributed by atoms with Gasteiger partial charge in [-0.05, 0) is 0 Å². The van der Waals surface area contributed by atoms with Gasteiger partial charge in [0.2, 0.25) is 10.0 Å². The minimum atomic E-state index is -3.55. The summed E-state index contributed by atoms with van der Waals surface area (Å²) < 4.78 is 25.9. The number of aromatic amines is 1. The van der Waals surface area contributed by atoms with Crippen LogP contribution in [0.2, 0.25) is 0 Å². The quantitative estimate of drug-likeness (QED) is 0.681. The van der Waals surface area contributed by atoms with Crippen LogP contribution in [-0.2, 0) is 10.0 Å². The second kappa shape index (κ2) is 4.97. The van der Waals surface area contributed by atoms with Crippen molar-refractivity contribution in [1.82, 2.24) is 19.4 Å². The van der Waals surface area contributed by atoms with Crippen molar-refractivity contribution < 1.29 is 8.42 Å². The van der Waals surface area contributed by atoms with E-state index < -0.39 is 10.0 Å². The van der Waals surface area contributed by atoms with Gasteiger partial charge in [-0.15, -0.1) is 6.42 Å². The molecule has 8 heteroatoms. The zero-order valence-electron chi connectivity index (χ0n) is 9.83. The highest BCUT2D eigenvalue weighted by Crippen LogP contribution is 2.20. The van der Waals surface area contributed by atoms with Crippen molar-refractivity contribution in [2.75, 3.05) is 38.5 Å². The van der Waals surface area contributed by atoms with Crippen LogP contribution in [0.4, 0.5) is 5.82 Å². The normalized spacial score (nSPS) is 18.6. The number of H-pyrrole nitrogens is 1. The number of nitrogen functional groups attached to an aromatic ring is 1. The molecule has 0 aliphatic carbocycles. The number of hydrogen-bond donors (Lipinski definition) is 2. The second-order valence-corrected chi connectivity index (χ2v) is 5.94. The lowest BCUT2D eigenvalue weighted by Crippen LogP contribution is -2.48. The lowest BCUT2D eigenvalue weighted by Gasteiger charge is -2.32. The van der Waals surface area contributed by atoms with E-state index in [0.29, 0.717) is 32.7 Å². The van der Waals surface area contributed by atoms with Crippen LogP contribution in [0, 0.1) is 12.3 Å². The van der Waals surface area contributed by atoms with Gasteiger partial charge in [0.25, 0.3) is 0 Å². The molecule has 18 heavy (non-hydrogen) atoms. The van der Waals surface area contributed by atoms with Crippen LogP contribution < -0.4 is 5.73 Å². The zero-order chi connectivity index (χ0) is 13.2. The average molecular weight is 269 g/mol. The van der Waals surface area contributed by atoms with Gasteiger partial charge < -0.3 is 5.73 Å². The smallest absolute Gasteiger partial charge is 0.248 e. The molecule has 3 N–H and O–H groups in total. The maximum atomic E-state index is 12.3. The summed E-state index contributed by atoms with van der Waals surface area (Å²) in [5.41, 5.74) is 5.55. The van der Waals surface area contributed by atoms with E-state index in [0.717, 1.165) is 0 Å². The van der Waals surface area contributed by atoms with Gasteiger partial charge in [-0.3, -0.25) is 10.00 Å². The first-order chi connectivity index (χ1) is 8.55. The van der Waals surface area contributed by atoms with E-state index in [9.17, 15) is 8.42 Å².